The number of hydrogen-bond acceptors (Lipinski definition) is 4. The highest BCUT2D eigenvalue weighted by Gasteiger charge is 2.24. The second-order valence-electron chi connectivity index (χ2n) is 4.26. The van der Waals surface area contributed by atoms with Crippen LogP contribution in [0.3, 0.4) is 0 Å². The molecular weight excluding hydrogens is 278 g/mol. The van der Waals surface area contributed by atoms with E-state index in [4.69, 9.17) is 5.73 Å². The summed E-state index contributed by atoms with van der Waals surface area (Å²) in [5, 5.41) is 3.74. The van der Waals surface area contributed by atoms with Crippen molar-refractivity contribution in [2.24, 2.45) is 0 Å². The Bertz CT molecular complexity index is 546. The van der Waals surface area contributed by atoms with Crippen molar-refractivity contribution >= 4 is 28.4 Å². The largest absolute Gasteiger partial charge is 0.398 e. The SMILES string of the molecule is CCNC(=O)NC(=O)C(C)S(=O)c1cccc(N)c1C. The van der Waals surface area contributed by atoms with Crippen molar-refractivity contribution in [2.75, 3.05) is 12.3 Å². The molecule has 0 aliphatic carbocycles. The van der Waals surface area contributed by atoms with Crippen LogP contribution in [-0.4, -0.2) is 27.9 Å². The summed E-state index contributed by atoms with van der Waals surface area (Å²) in [6, 6.07) is 4.46. The Hall–Kier alpha value is -1.89. The summed E-state index contributed by atoms with van der Waals surface area (Å²) in [5.41, 5.74) is 6.96. The van der Waals surface area contributed by atoms with Crippen LogP contribution in [0.4, 0.5) is 10.5 Å². The molecule has 0 bridgehead atoms. The number of anilines is 1. The molecule has 2 atom stereocenters. The highest BCUT2D eigenvalue weighted by Crippen LogP contribution is 2.21. The van der Waals surface area contributed by atoms with Crippen molar-refractivity contribution < 1.29 is 13.8 Å². The van der Waals surface area contributed by atoms with E-state index >= 15 is 0 Å². The van der Waals surface area contributed by atoms with Gasteiger partial charge in [-0.05, 0) is 38.5 Å². The third-order valence-corrected chi connectivity index (χ3v) is 4.54. The van der Waals surface area contributed by atoms with E-state index in [0.717, 1.165) is 0 Å². The van der Waals surface area contributed by atoms with Crippen LogP contribution >= 0.6 is 0 Å². The zero-order valence-corrected chi connectivity index (χ0v) is 12.5. The number of benzene rings is 1. The maximum Gasteiger partial charge on any atom is 0.321 e. The van der Waals surface area contributed by atoms with E-state index in [1.807, 2.05) is 0 Å². The van der Waals surface area contributed by atoms with Crippen LogP contribution in [-0.2, 0) is 15.6 Å². The van der Waals surface area contributed by atoms with Gasteiger partial charge >= 0.3 is 6.03 Å². The fourth-order valence-corrected chi connectivity index (χ4v) is 2.82. The second kappa shape index (κ2) is 7.04. The van der Waals surface area contributed by atoms with Gasteiger partial charge in [-0.2, -0.15) is 0 Å². The van der Waals surface area contributed by atoms with Gasteiger partial charge in [-0.25, -0.2) is 4.79 Å². The molecule has 1 rings (SSSR count). The predicted molar refractivity (Wildman–Crippen MR) is 78.7 cm³/mol. The van der Waals surface area contributed by atoms with Gasteiger partial charge in [0.15, 0.2) is 0 Å². The molecule has 0 heterocycles. The van der Waals surface area contributed by atoms with Crippen LogP contribution in [0.2, 0.25) is 0 Å². The summed E-state index contributed by atoms with van der Waals surface area (Å²) in [6.07, 6.45) is 0. The third-order valence-electron chi connectivity index (χ3n) is 2.81. The lowest BCUT2D eigenvalue weighted by Gasteiger charge is -2.14. The van der Waals surface area contributed by atoms with Crippen LogP contribution in [0.15, 0.2) is 23.1 Å². The Morgan fingerprint density at radius 3 is 2.65 bits per heavy atom. The van der Waals surface area contributed by atoms with E-state index in [1.54, 1.807) is 32.0 Å². The summed E-state index contributed by atoms with van der Waals surface area (Å²) >= 11 is 0. The molecule has 0 spiro atoms. The molecule has 1 aromatic rings. The zero-order chi connectivity index (χ0) is 15.3. The van der Waals surface area contributed by atoms with E-state index in [1.165, 1.54) is 6.92 Å². The summed E-state index contributed by atoms with van der Waals surface area (Å²) in [6.45, 7) is 5.40. The fraction of sp³-hybridized carbons (Fsp3) is 0.385. The van der Waals surface area contributed by atoms with Crippen molar-refractivity contribution in [2.45, 2.75) is 30.9 Å². The molecule has 4 N–H and O–H groups in total. The Balaban J connectivity index is 2.84. The first-order valence-electron chi connectivity index (χ1n) is 6.22. The average molecular weight is 297 g/mol. The Kier molecular flexibility index (Phi) is 5.69. The standard InChI is InChI=1S/C13H19N3O3S/c1-4-15-13(18)16-12(17)9(3)20(19)11-7-5-6-10(14)8(11)2/h5-7,9H,4,14H2,1-3H3,(H2,15,16,17,18). The third kappa shape index (κ3) is 3.80. The van der Waals surface area contributed by atoms with Gasteiger partial charge < -0.3 is 11.1 Å². The number of rotatable bonds is 4. The summed E-state index contributed by atoms with van der Waals surface area (Å²) < 4.78 is 12.4. The molecular formula is C13H19N3O3S. The molecule has 0 aliphatic rings. The van der Waals surface area contributed by atoms with Crippen LogP contribution < -0.4 is 16.4 Å². The van der Waals surface area contributed by atoms with Crippen LogP contribution in [0, 0.1) is 6.92 Å². The molecule has 0 saturated carbocycles. The number of urea groups is 1. The molecule has 7 heteroatoms. The molecule has 20 heavy (non-hydrogen) atoms. The number of carbonyl (C=O) groups is 2. The van der Waals surface area contributed by atoms with Crippen LogP contribution in [0.5, 0.6) is 0 Å². The quantitative estimate of drug-likeness (QED) is 0.719. The lowest BCUT2D eigenvalue weighted by Crippen LogP contribution is -2.44. The first-order chi connectivity index (χ1) is 9.38. The van der Waals surface area contributed by atoms with E-state index in [0.29, 0.717) is 22.7 Å². The topological polar surface area (TPSA) is 101 Å². The molecule has 0 radical (unpaired) electrons. The van der Waals surface area contributed by atoms with E-state index in [9.17, 15) is 13.8 Å². The number of hydrogen-bond donors (Lipinski definition) is 3. The molecule has 0 aromatic heterocycles. The summed E-state index contributed by atoms with van der Waals surface area (Å²) in [4.78, 5) is 23.6. The van der Waals surface area contributed by atoms with E-state index in [-0.39, 0.29) is 0 Å². The monoisotopic (exact) mass is 297 g/mol. The lowest BCUT2D eigenvalue weighted by molar-refractivity contribution is -0.119. The van der Waals surface area contributed by atoms with Gasteiger partial charge in [-0.15, -0.1) is 0 Å². The lowest BCUT2D eigenvalue weighted by atomic mass is 10.2. The molecule has 0 saturated heterocycles. The second-order valence-corrected chi connectivity index (χ2v) is 6.00. The zero-order valence-electron chi connectivity index (χ0n) is 11.7. The molecule has 0 aliphatic heterocycles. The number of amides is 3. The van der Waals surface area contributed by atoms with Crippen molar-refractivity contribution in [1.82, 2.24) is 10.6 Å². The summed E-state index contributed by atoms with van der Waals surface area (Å²) in [7, 11) is -1.57. The van der Waals surface area contributed by atoms with E-state index in [2.05, 4.69) is 10.6 Å². The van der Waals surface area contributed by atoms with Gasteiger partial charge in [-0.3, -0.25) is 14.3 Å². The first kappa shape index (κ1) is 16.2. The minimum atomic E-state index is -1.57. The molecule has 3 amide bonds. The highest BCUT2D eigenvalue weighted by molar-refractivity contribution is 7.86. The summed E-state index contributed by atoms with van der Waals surface area (Å²) in [5.74, 6) is -0.587. The molecule has 1 aromatic carbocycles. The Morgan fingerprint density at radius 1 is 1.40 bits per heavy atom. The first-order valence-corrected chi connectivity index (χ1v) is 7.44. The van der Waals surface area contributed by atoms with Crippen LogP contribution in [0.25, 0.3) is 0 Å². The molecule has 110 valence electrons. The van der Waals surface area contributed by atoms with Gasteiger partial charge in [0.05, 0.1) is 10.8 Å². The average Bonchev–Trinajstić information content (AvgIpc) is 2.40. The smallest absolute Gasteiger partial charge is 0.321 e. The van der Waals surface area contributed by atoms with Gasteiger partial charge in [0.25, 0.3) is 0 Å². The Morgan fingerprint density at radius 2 is 2.05 bits per heavy atom. The molecule has 2 unspecified atom stereocenters. The maximum atomic E-state index is 12.4. The number of nitrogen functional groups attached to an aromatic ring is 1. The predicted octanol–water partition coefficient (Wildman–Crippen LogP) is 0.919. The van der Waals surface area contributed by atoms with Gasteiger partial charge in [0.2, 0.25) is 5.91 Å². The molecule has 0 fully saturated rings. The minimum Gasteiger partial charge on any atom is -0.398 e. The highest BCUT2D eigenvalue weighted by atomic mass is 32.2. The number of imide groups is 1. The van der Waals surface area contributed by atoms with Crippen molar-refractivity contribution in [1.29, 1.82) is 0 Å². The number of carbonyl (C=O) groups excluding carboxylic acids is 2. The Labute approximate surface area is 120 Å². The van der Waals surface area contributed by atoms with Crippen molar-refractivity contribution in [3.8, 4) is 0 Å². The van der Waals surface area contributed by atoms with E-state index < -0.39 is 28.0 Å². The van der Waals surface area contributed by atoms with Gasteiger partial charge in [0, 0.05) is 17.1 Å². The van der Waals surface area contributed by atoms with Crippen molar-refractivity contribution in [3.63, 3.8) is 0 Å². The fourth-order valence-electron chi connectivity index (χ4n) is 1.56. The number of nitrogens with one attached hydrogen (secondary N) is 2. The number of nitrogens with two attached hydrogens (primary N) is 1. The minimum absolute atomic E-state index is 0.408. The van der Waals surface area contributed by atoms with Crippen LogP contribution in [0.1, 0.15) is 19.4 Å². The van der Waals surface area contributed by atoms with Gasteiger partial charge in [0.1, 0.15) is 5.25 Å². The van der Waals surface area contributed by atoms with Gasteiger partial charge in [-0.1, -0.05) is 6.07 Å². The molecule has 6 nitrogen and oxygen atoms in total. The maximum absolute atomic E-state index is 12.4. The normalized spacial score (nSPS) is 13.3. The van der Waals surface area contributed by atoms with Crippen molar-refractivity contribution in [3.05, 3.63) is 23.8 Å².